The highest BCUT2D eigenvalue weighted by atomic mass is 15.0. The first-order chi connectivity index (χ1) is 7.65. The van der Waals surface area contributed by atoms with E-state index in [1.165, 1.54) is 22.4 Å². The van der Waals surface area contributed by atoms with Crippen molar-refractivity contribution in [2.75, 3.05) is 26.0 Å². The highest BCUT2D eigenvalue weighted by molar-refractivity contribution is 5.55. The van der Waals surface area contributed by atoms with Gasteiger partial charge in [0.15, 0.2) is 0 Å². The largest absolute Gasteiger partial charge is 0.384 e. The zero-order valence-corrected chi connectivity index (χ0v) is 10.4. The van der Waals surface area contributed by atoms with Crippen LogP contribution in [0.2, 0.25) is 0 Å². The SMILES string of the molecule is Cc1ccc2c(c1)NCCC(=CN(C)C)C2. The number of hydrogen-bond acceptors (Lipinski definition) is 2. The summed E-state index contributed by atoms with van der Waals surface area (Å²) in [5.74, 6) is 0. The summed E-state index contributed by atoms with van der Waals surface area (Å²) in [6.07, 6.45) is 4.45. The fourth-order valence-corrected chi connectivity index (χ4v) is 2.18. The number of nitrogens with one attached hydrogen (secondary N) is 1. The van der Waals surface area contributed by atoms with Crippen molar-refractivity contribution in [3.05, 3.63) is 41.1 Å². The molecule has 0 bridgehead atoms. The van der Waals surface area contributed by atoms with E-state index in [0.29, 0.717) is 0 Å². The molecule has 0 saturated heterocycles. The third-order valence-corrected chi connectivity index (χ3v) is 2.89. The second-order valence-electron chi connectivity index (χ2n) is 4.77. The zero-order valence-electron chi connectivity index (χ0n) is 10.4. The molecule has 0 amide bonds. The summed E-state index contributed by atoms with van der Waals surface area (Å²) in [5, 5.41) is 3.51. The Bertz CT molecular complexity index is 405. The van der Waals surface area contributed by atoms with E-state index in [2.05, 4.69) is 55.6 Å². The molecule has 0 aromatic heterocycles. The normalized spacial score (nSPS) is 17.6. The molecule has 0 saturated carbocycles. The number of fused-ring (bicyclic) bond motifs is 1. The van der Waals surface area contributed by atoms with Gasteiger partial charge in [0.1, 0.15) is 0 Å². The van der Waals surface area contributed by atoms with Crippen LogP contribution >= 0.6 is 0 Å². The maximum atomic E-state index is 3.51. The molecule has 1 N–H and O–H groups in total. The topological polar surface area (TPSA) is 15.3 Å². The van der Waals surface area contributed by atoms with Crippen LogP contribution in [0, 0.1) is 6.92 Å². The molecule has 1 aliphatic heterocycles. The molecule has 1 aliphatic rings. The van der Waals surface area contributed by atoms with Gasteiger partial charge < -0.3 is 10.2 Å². The molecule has 0 aliphatic carbocycles. The predicted molar refractivity (Wildman–Crippen MR) is 69.8 cm³/mol. The standard InChI is InChI=1S/C14H20N2/c1-11-4-5-13-9-12(10-16(2)3)6-7-15-14(13)8-11/h4-5,8,10,15H,6-7,9H2,1-3H3. The monoisotopic (exact) mass is 216 g/mol. The number of aryl methyl sites for hydroxylation is 1. The van der Waals surface area contributed by atoms with Gasteiger partial charge in [-0.3, -0.25) is 0 Å². The number of anilines is 1. The third-order valence-electron chi connectivity index (χ3n) is 2.89. The number of nitrogens with zero attached hydrogens (tertiary/aromatic N) is 1. The summed E-state index contributed by atoms with van der Waals surface area (Å²) < 4.78 is 0. The number of hydrogen-bond donors (Lipinski definition) is 1. The lowest BCUT2D eigenvalue weighted by Crippen LogP contribution is -2.05. The maximum Gasteiger partial charge on any atom is 0.0378 e. The van der Waals surface area contributed by atoms with E-state index in [0.717, 1.165) is 19.4 Å². The van der Waals surface area contributed by atoms with Crippen LogP contribution in [0.1, 0.15) is 17.5 Å². The lowest BCUT2D eigenvalue weighted by molar-refractivity contribution is 0.553. The van der Waals surface area contributed by atoms with Crippen LogP contribution in [0.25, 0.3) is 0 Å². The Hall–Kier alpha value is -1.44. The van der Waals surface area contributed by atoms with Crippen molar-refractivity contribution < 1.29 is 0 Å². The van der Waals surface area contributed by atoms with Crippen LogP contribution < -0.4 is 5.32 Å². The lowest BCUT2D eigenvalue weighted by atomic mass is 10.0. The van der Waals surface area contributed by atoms with Gasteiger partial charge in [0.05, 0.1) is 0 Å². The number of benzene rings is 1. The first-order valence-electron chi connectivity index (χ1n) is 5.84. The Kier molecular flexibility index (Phi) is 3.18. The van der Waals surface area contributed by atoms with Gasteiger partial charge in [0.2, 0.25) is 0 Å². The molecule has 0 unspecified atom stereocenters. The molecule has 2 rings (SSSR count). The van der Waals surface area contributed by atoms with E-state index in [9.17, 15) is 0 Å². The quantitative estimate of drug-likeness (QED) is 0.776. The fraction of sp³-hybridized carbons (Fsp3) is 0.429. The Balaban J connectivity index is 2.28. The highest BCUT2D eigenvalue weighted by Gasteiger charge is 2.10. The molecule has 16 heavy (non-hydrogen) atoms. The van der Waals surface area contributed by atoms with Crippen molar-refractivity contribution in [3.8, 4) is 0 Å². The predicted octanol–water partition coefficient (Wildman–Crippen LogP) is 2.80. The van der Waals surface area contributed by atoms with E-state index in [1.54, 1.807) is 0 Å². The van der Waals surface area contributed by atoms with Crippen LogP contribution in [-0.4, -0.2) is 25.5 Å². The Morgan fingerprint density at radius 3 is 2.88 bits per heavy atom. The van der Waals surface area contributed by atoms with Gasteiger partial charge in [0.25, 0.3) is 0 Å². The minimum atomic E-state index is 1.04. The van der Waals surface area contributed by atoms with Crippen molar-refractivity contribution in [2.24, 2.45) is 0 Å². The number of rotatable bonds is 1. The maximum absolute atomic E-state index is 3.51. The van der Waals surface area contributed by atoms with Crippen molar-refractivity contribution in [1.82, 2.24) is 4.90 Å². The highest BCUT2D eigenvalue weighted by Crippen LogP contribution is 2.25. The van der Waals surface area contributed by atoms with Gasteiger partial charge in [0, 0.05) is 26.3 Å². The van der Waals surface area contributed by atoms with Crippen molar-refractivity contribution >= 4 is 5.69 Å². The first kappa shape index (κ1) is 11.1. The summed E-state index contributed by atoms with van der Waals surface area (Å²) in [4.78, 5) is 2.13. The molecule has 0 radical (unpaired) electrons. The third kappa shape index (κ3) is 2.57. The van der Waals surface area contributed by atoms with E-state index in [-0.39, 0.29) is 0 Å². The van der Waals surface area contributed by atoms with Gasteiger partial charge in [-0.1, -0.05) is 12.1 Å². The summed E-state index contributed by atoms with van der Waals surface area (Å²) >= 11 is 0. The molecule has 2 heteroatoms. The van der Waals surface area contributed by atoms with Crippen LogP contribution in [-0.2, 0) is 6.42 Å². The molecule has 1 aromatic carbocycles. The molecule has 0 spiro atoms. The van der Waals surface area contributed by atoms with E-state index in [1.807, 2.05) is 0 Å². The minimum absolute atomic E-state index is 1.04. The zero-order chi connectivity index (χ0) is 11.5. The van der Waals surface area contributed by atoms with Gasteiger partial charge in [-0.25, -0.2) is 0 Å². The van der Waals surface area contributed by atoms with Gasteiger partial charge in [-0.05, 0) is 48.7 Å². The smallest absolute Gasteiger partial charge is 0.0378 e. The van der Waals surface area contributed by atoms with Gasteiger partial charge in [-0.15, -0.1) is 0 Å². The molecular formula is C14H20N2. The lowest BCUT2D eigenvalue weighted by Gasteiger charge is -2.10. The minimum Gasteiger partial charge on any atom is -0.384 e. The second kappa shape index (κ2) is 4.60. The Morgan fingerprint density at radius 2 is 2.12 bits per heavy atom. The van der Waals surface area contributed by atoms with Gasteiger partial charge >= 0.3 is 0 Å². The molecule has 1 aromatic rings. The van der Waals surface area contributed by atoms with Crippen LogP contribution in [0.3, 0.4) is 0 Å². The molecule has 1 heterocycles. The summed E-state index contributed by atoms with van der Waals surface area (Å²) in [6.45, 7) is 3.18. The van der Waals surface area contributed by atoms with Crippen molar-refractivity contribution in [3.63, 3.8) is 0 Å². The second-order valence-corrected chi connectivity index (χ2v) is 4.77. The summed E-state index contributed by atoms with van der Waals surface area (Å²) in [5.41, 5.74) is 5.55. The molecule has 0 fully saturated rings. The first-order valence-corrected chi connectivity index (χ1v) is 5.84. The average Bonchev–Trinajstić information content (AvgIpc) is 2.38. The van der Waals surface area contributed by atoms with Crippen molar-refractivity contribution in [2.45, 2.75) is 19.8 Å². The summed E-state index contributed by atoms with van der Waals surface area (Å²) in [6, 6.07) is 6.68. The average molecular weight is 216 g/mol. The fourth-order valence-electron chi connectivity index (χ4n) is 2.18. The van der Waals surface area contributed by atoms with E-state index in [4.69, 9.17) is 0 Å². The molecule has 86 valence electrons. The molecule has 0 atom stereocenters. The van der Waals surface area contributed by atoms with Crippen LogP contribution in [0.15, 0.2) is 30.0 Å². The van der Waals surface area contributed by atoms with E-state index < -0.39 is 0 Å². The summed E-state index contributed by atoms with van der Waals surface area (Å²) in [7, 11) is 4.17. The van der Waals surface area contributed by atoms with Gasteiger partial charge in [-0.2, -0.15) is 0 Å². The molecule has 2 nitrogen and oxygen atoms in total. The van der Waals surface area contributed by atoms with Crippen LogP contribution in [0.4, 0.5) is 5.69 Å². The molecular weight excluding hydrogens is 196 g/mol. The Morgan fingerprint density at radius 1 is 1.31 bits per heavy atom. The Labute approximate surface area is 98.0 Å². The van der Waals surface area contributed by atoms with Crippen molar-refractivity contribution in [1.29, 1.82) is 0 Å². The van der Waals surface area contributed by atoms with E-state index >= 15 is 0 Å². The van der Waals surface area contributed by atoms with Crippen LogP contribution in [0.5, 0.6) is 0 Å².